The summed E-state index contributed by atoms with van der Waals surface area (Å²) < 4.78 is 1.15. The summed E-state index contributed by atoms with van der Waals surface area (Å²) in [5.41, 5.74) is 5.02. The molecular formula is C23H26N4OS. The van der Waals surface area contributed by atoms with E-state index < -0.39 is 0 Å². The molecule has 0 saturated heterocycles. The number of aromatic nitrogens is 2. The Kier molecular flexibility index (Phi) is 5.39. The summed E-state index contributed by atoms with van der Waals surface area (Å²) >= 11 is 1.60. The minimum Gasteiger partial charge on any atom is -0.360 e. The number of aryl methyl sites for hydroxylation is 2. The summed E-state index contributed by atoms with van der Waals surface area (Å²) in [6, 6.07) is 12.2. The molecule has 4 aromatic rings. The maximum Gasteiger partial charge on any atom is 0.262 e. The van der Waals surface area contributed by atoms with Gasteiger partial charge in [0.2, 0.25) is 0 Å². The highest BCUT2D eigenvalue weighted by Gasteiger charge is 2.24. The second-order valence-corrected chi connectivity index (χ2v) is 8.77. The van der Waals surface area contributed by atoms with E-state index in [4.69, 9.17) is 4.98 Å². The molecule has 0 unspecified atom stereocenters. The van der Waals surface area contributed by atoms with Gasteiger partial charge in [0.1, 0.15) is 0 Å². The van der Waals surface area contributed by atoms with Crippen LogP contribution in [0.5, 0.6) is 0 Å². The number of carbonyl (C=O) groups excluding carboxylic acids is 1. The number of aromatic amines is 1. The fourth-order valence-corrected chi connectivity index (χ4v) is 4.74. The number of amides is 1. The van der Waals surface area contributed by atoms with Gasteiger partial charge in [-0.25, -0.2) is 4.98 Å². The van der Waals surface area contributed by atoms with Crippen LogP contribution in [0.25, 0.3) is 21.1 Å². The molecule has 6 heteroatoms. The number of H-pyrrole nitrogens is 1. The molecule has 0 atom stereocenters. The minimum absolute atomic E-state index is 0.00497. The molecule has 1 amide bonds. The number of fused-ring (bicyclic) bond motifs is 2. The van der Waals surface area contributed by atoms with Gasteiger partial charge in [-0.3, -0.25) is 9.69 Å². The van der Waals surface area contributed by atoms with E-state index in [1.54, 1.807) is 11.3 Å². The van der Waals surface area contributed by atoms with Gasteiger partial charge in [-0.1, -0.05) is 35.6 Å². The van der Waals surface area contributed by atoms with Crippen molar-refractivity contribution in [3.8, 4) is 0 Å². The number of rotatable bonds is 6. The van der Waals surface area contributed by atoms with Crippen molar-refractivity contribution in [1.82, 2.24) is 14.9 Å². The maximum absolute atomic E-state index is 13.6. The molecule has 1 N–H and O–H groups in total. The number of hydrogen-bond acceptors (Lipinski definition) is 4. The third kappa shape index (κ3) is 3.91. The van der Waals surface area contributed by atoms with Crippen LogP contribution in [0.2, 0.25) is 0 Å². The van der Waals surface area contributed by atoms with E-state index in [9.17, 15) is 4.79 Å². The molecule has 0 fully saturated rings. The molecule has 0 saturated carbocycles. The van der Waals surface area contributed by atoms with Crippen molar-refractivity contribution in [2.75, 3.05) is 32.1 Å². The lowest BCUT2D eigenvalue weighted by Gasteiger charge is -2.20. The van der Waals surface area contributed by atoms with Crippen LogP contribution in [0.3, 0.4) is 0 Å². The van der Waals surface area contributed by atoms with Gasteiger partial charge in [0.25, 0.3) is 5.91 Å². The van der Waals surface area contributed by atoms with E-state index in [-0.39, 0.29) is 5.91 Å². The second kappa shape index (κ2) is 7.97. The zero-order valence-electron chi connectivity index (χ0n) is 17.3. The summed E-state index contributed by atoms with van der Waals surface area (Å²) in [4.78, 5) is 25.6. The average Bonchev–Trinajstić information content (AvgIpc) is 3.28. The van der Waals surface area contributed by atoms with Crippen molar-refractivity contribution >= 4 is 43.5 Å². The third-order valence-electron chi connectivity index (χ3n) is 5.09. The van der Waals surface area contributed by atoms with E-state index in [1.165, 1.54) is 11.1 Å². The molecule has 2 aromatic heterocycles. The quantitative estimate of drug-likeness (QED) is 0.491. The Morgan fingerprint density at radius 3 is 2.72 bits per heavy atom. The molecule has 4 rings (SSSR count). The molecule has 0 aliphatic carbocycles. The number of carbonyl (C=O) groups is 1. The van der Waals surface area contributed by atoms with Gasteiger partial charge in [-0.15, -0.1) is 0 Å². The van der Waals surface area contributed by atoms with Gasteiger partial charge in [0, 0.05) is 23.6 Å². The van der Waals surface area contributed by atoms with Crippen LogP contribution in [0.15, 0.2) is 42.6 Å². The summed E-state index contributed by atoms with van der Waals surface area (Å²) in [5.74, 6) is -0.00497. The zero-order valence-corrected chi connectivity index (χ0v) is 18.1. The predicted octanol–water partition coefficient (Wildman–Crippen LogP) is 4.99. The monoisotopic (exact) mass is 406 g/mol. The first-order valence-electron chi connectivity index (χ1n) is 9.84. The Bertz CT molecular complexity index is 1170. The SMILES string of the molecule is Cc1cc(C)c2sc(N(CCCN(C)C)C(=O)c3c[nH]c4ccccc34)nc2c1. The minimum atomic E-state index is -0.00497. The summed E-state index contributed by atoms with van der Waals surface area (Å²) in [5, 5.41) is 1.71. The number of anilines is 1. The van der Waals surface area contributed by atoms with Crippen LogP contribution in [0, 0.1) is 13.8 Å². The Morgan fingerprint density at radius 1 is 1.14 bits per heavy atom. The van der Waals surface area contributed by atoms with Crippen LogP contribution in [0.1, 0.15) is 27.9 Å². The summed E-state index contributed by atoms with van der Waals surface area (Å²) in [6.45, 7) is 5.74. The molecule has 0 spiro atoms. The second-order valence-electron chi connectivity index (χ2n) is 7.79. The van der Waals surface area contributed by atoms with Gasteiger partial charge in [-0.05, 0) is 64.2 Å². The van der Waals surface area contributed by atoms with Crippen LogP contribution in [0.4, 0.5) is 5.13 Å². The topological polar surface area (TPSA) is 52.2 Å². The molecule has 0 bridgehead atoms. The first kappa shape index (κ1) is 19.6. The fraction of sp³-hybridized carbons (Fsp3) is 0.304. The van der Waals surface area contributed by atoms with Crippen molar-refractivity contribution in [2.24, 2.45) is 0 Å². The lowest BCUT2D eigenvalue weighted by molar-refractivity contribution is 0.0987. The van der Waals surface area contributed by atoms with E-state index in [0.717, 1.165) is 39.2 Å². The largest absolute Gasteiger partial charge is 0.360 e. The van der Waals surface area contributed by atoms with E-state index in [1.807, 2.05) is 35.4 Å². The molecule has 0 aliphatic heterocycles. The normalized spacial score (nSPS) is 11.6. The summed E-state index contributed by atoms with van der Waals surface area (Å²) in [7, 11) is 4.10. The van der Waals surface area contributed by atoms with Crippen LogP contribution in [-0.2, 0) is 0 Å². The number of nitrogens with zero attached hydrogens (tertiary/aromatic N) is 3. The molecular weight excluding hydrogens is 380 g/mol. The first-order valence-corrected chi connectivity index (χ1v) is 10.7. The molecule has 0 radical (unpaired) electrons. The highest BCUT2D eigenvalue weighted by Crippen LogP contribution is 2.33. The Morgan fingerprint density at radius 2 is 1.93 bits per heavy atom. The highest BCUT2D eigenvalue weighted by atomic mass is 32.1. The van der Waals surface area contributed by atoms with E-state index in [2.05, 4.69) is 50.0 Å². The third-order valence-corrected chi connectivity index (χ3v) is 6.32. The molecule has 2 heterocycles. The van der Waals surface area contributed by atoms with Crippen LogP contribution >= 0.6 is 11.3 Å². The first-order chi connectivity index (χ1) is 13.9. The molecule has 150 valence electrons. The van der Waals surface area contributed by atoms with Crippen molar-refractivity contribution in [3.05, 3.63) is 59.3 Å². The maximum atomic E-state index is 13.6. The molecule has 2 aromatic carbocycles. The zero-order chi connectivity index (χ0) is 20.5. The van der Waals surface area contributed by atoms with Gasteiger partial charge < -0.3 is 9.88 Å². The lowest BCUT2D eigenvalue weighted by Crippen LogP contribution is -2.33. The van der Waals surface area contributed by atoms with Gasteiger partial charge in [0.15, 0.2) is 5.13 Å². The Balaban J connectivity index is 1.75. The smallest absolute Gasteiger partial charge is 0.262 e. The molecule has 0 aliphatic rings. The lowest BCUT2D eigenvalue weighted by atomic mass is 10.1. The number of benzene rings is 2. The molecule has 29 heavy (non-hydrogen) atoms. The number of hydrogen-bond donors (Lipinski definition) is 1. The molecule has 5 nitrogen and oxygen atoms in total. The van der Waals surface area contributed by atoms with Crippen molar-refractivity contribution in [1.29, 1.82) is 0 Å². The highest BCUT2D eigenvalue weighted by molar-refractivity contribution is 7.22. The summed E-state index contributed by atoms with van der Waals surface area (Å²) in [6.07, 6.45) is 2.70. The Labute approximate surface area is 175 Å². The van der Waals surface area contributed by atoms with Crippen LogP contribution in [-0.4, -0.2) is 48.0 Å². The van der Waals surface area contributed by atoms with Crippen molar-refractivity contribution in [3.63, 3.8) is 0 Å². The van der Waals surface area contributed by atoms with Gasteiger partial charge >= 0.3 is 0 Å². The average molecular weight is 407 g/mol. The fourth-order valence-electron chi connectivity index (χ4n) is 3.70. The predicted molar refractivity (Wildman–Crippen MR) is 122 cm³/mol. The number of nitrogens with one attached hydrogen (secondary N) is 1. The van der Waals surface area contributed by atoms with Crippen LogP contribution < -0.4 is 4.90 Å². The van der Waals surface area contributed by atoms with Crippen molar-refractivity contribution in [2.45, 2.75) is 20.3 Å². The Hall–Kier alpha value is -2.70. The van der Waals surface area contributed by atoms with Gasteiger partial charge in [0.05, 0.1) is 15.8 Å². The number of para-hydroxylation sites is 1. The van der Waals surface area contributed by atoms with Gasteiger partial charge in [-0.2, -0.15) is 0 Å². The number of thiazole rings is 1. The standard InChI is InChI=1S/C23H26N4OS/c1-15-12-16(2)21-20(13-15)25-23(29-21)27(11-7-10-26(3)4)22(28)18-14-24-19-9-6-5-8-17(18)19/h5-6,8-9,12-14,24H,7,10-11H2,1-4H3. The van der Waals surface area contributed by atoms with E-state index >= 15 is 0 Å². The van der Waals surface area contributed by atoms with E-state index in [0.29, 0.717) is 12.1 Å². The van der Waals surface area contributed by atoms with Crippen molar-refractivity contribution < 1.29 is 4.79 Å².